The zero-order valence-electron chi connectivity index (χ0n) is 12.5. The lowest BCUT2D eigenvalue weighted by Gasteiger charge is -2.20. The number of ether oxygens (including phenoxy) is 1. The van der Waals surface area contributed by atoms with Gasteiger partial charge in [-0.3, -0.25) is 4.79 Å². The third kappa shape index (κ3) is 2.60. The molecular weight excluding hydrogens is 288 g/mol. The van der Waals surface area contributed by atoms with Crippen LogP contribution in [0.5, 0.6) is 5.75 Å². The Hall–Kier alpha value is -1.91. The number of benzene rings is 1. The quantitative estimate of drug-likeness (QED) is 0.846. The number of amides is 1. The largest absolute Gasteiger partial charge is 0.497 e. The van der Waals surface area contributed by atoms with Crippen molar-refractivity contribution in [3.8, 4) is 5.75 Å². The van der Waals surface area contributed by atoms with Crippen LogP contribution in [0, 0.1) is 5.41 Å². The van der Waals surface area contributed by atoms with Crippen molar-refractivity contribution in [3.05, 3.63) is 41.5 Å². The van der Waals surface area contributed by atoms with Crippen molar-refractivity contribution in [3.63, 3.8) is 0 Å². The number of nitrogens with one attached hydrogen (secondary N) is 1. The normalized spacial score (nSPS) is 25.0. The lowest BCUT2D eigenvalue weighted by atomic mass is 9.93. The number of hydrogen-bond donors (Lipinski definition) is 1. The first-order valence-electron chi connectivity index (χ1n) is 7.46. The molecule has 1 saturated carbocycles. The van der Waals surface area contributed by atoms with E-state index in [9.17, 15) is 13.6 Å². The number of allylic oxidation sites excluding steroid dienone is 1. The average Bonchev–Trinajstić information content (AvgIpc) is 3.11. The van der Waals surface area contributed by atoms with Crippen molar-refractivity contribution in [2.45, 2.75) is 38.2 Å². The molecule has 118 valence electrons. The average molecular weight is 307 g/mol. The fourth-order valence-corrected chi connectivity index (χ4v) is 3.22. The number of halogens is 2. The van der Waals surface area contributed by atoms with Gasteiger partial charge < -0.3 is 10.1 Å². The highest BCUT2D eigenvalue weighted by Gasteiger charge is 2.64. The third-order valence-electron chi connectivity index (χ3n) is 4.62. The molecular formula is C17H19F2NO2. The van der Waals surface area contributed by atoms with E-state index in [0.29, 0.717) is 25.0 Å². The molecule has 0 bridgehead atoms. The molecule has 0 saturated heterocycles. The first-order chi connectivity index (χ1) is 10.5. The molecule has 1 N–H and O–H groups in total. The second kappa shape index (κ2) is 5.38. The van der Waals surface area contributed by atoms with Crippen LogP contribution in [0.1, 0.15) is 31.2 Å². The zero-order valence-corrected chi connectivity index (χ0v) is 12.5. The molecule has 5 heteroatoms. The number of alkyl halides is 2. The van der Waals surface area contributed by atoms with Gasteiger partial charge in [-0.05, 0) is 36.1 Å². The number of rotatable bonds is 5. The molecule has 3 nitrogen and oxygen atoms in total. The predicted octanol–water partition coefficient (Wildman–Crippen LogP) is 3.45. The fourth-order valence-electron chi connectivity index (χ4n) is 3.22. The lowest BCUT2D eigenvalue weighted by Crippen LogP contribution is -2.28. The minimum Gasteiger partial charge on any atom is -0.497 e. The van der Waals surface area contributed by atoms with Crippen molar-refractivity contribution < 1.29 is 18.3 Å². The van der Waals surface area contributed by atoms with Crippen LogP contribution >= 0.6 is 0 Å². The maximum Gasteiger partial charge on any atom is 0.260 e. The summed E-state index contributed by atoms with van der Waals surface area (Å²) in [6, 6.07) is 7.36. The van der Waals surface area contributed by atoms with Crippen LogP contribution in [0.2, 0.25) is 0 Å². The molecule has 2 aliphatic rings. The molecule has 0 unspecified atom stereocenters. The van der Waals surface area contributed by atoms with Crippen molar-refractivity contribution in [1.82, 2.24) is 5.32 Å². The molecule has 3 rings (SSSR count). The molecule has 1 amide bonds. The van der Waals surface area contributed by atoms with Crippen LogP contribution in [0.25, 0.3) is 0 Å². The van der Waals surface area contributed by atoms with Gasteiger partial charge in [-0.25, -0.2) is 8.78 Å². The second-order valence-electron chi connectivity index (χ2n) is 6.00. The second-order valence-corrected chi connectivity index (χ2v) is 6.00. The summed E-state index contributed by atoms with van der Waals surface area (Å²) in [7, 11) is 1.59. The van der Waals surface area contributed by atoms with Crippen molar-refractivity contribution in [2.75, 3.05) is 7.11 Å². The van der Waals surface area contributed by atoms with Crippen molar-refractivity contribution in [1.29, 1.82) is 0 Å². The van der Waals surface area contributed by atoms with E-state index in [1.807, 2.05) is 24.3 Å². The Morgan fingerprint density at radius 1 is 1.27 bits per heavy atom. The molecule has 0 aromatic heterocycles. The monoisotopic (exact) mass is 307 g/mol. The molecule has 1 spiro atoms. The number of carbonyl (C=O) groups is 1. The summed E-state index contributed by atoms with van der Waals surface area (Å²) in [5.74, 6) is -2.12. The highest BCUT2D eigenvalue weighted by atomic mass is 19.3. The van der Waals surface area contributed by atoms with E-state index in [1.54, 1.807) is 13.2 Å². The summed E-state index contributed by atoms with van der Waals surface area (Å²) in [4.78, 5) is 11.9. The first-order valence-corrected chi connectivity index (χ1v) is 7.46. The first kappa shape index (κ1) is 15.0. The van der Waals surface area contributed by atoms with Gasteiger partial charge in [-0.1, -0.05) is 18.2 Å². The molecule has 1 aromatic rings. The molecule has 1 fully saturated rings. The van der Waals surface area contributed by atoms with Gasteiger partial charge >= 0.3 is 0 Å². The van der Waals surface area contributed by atoms with Crippen molar-refractivity contribution in [2.24, 2.45) is 5.41 Å². The lowest BCUT2D eigenvalue weighted by molar-refractivity contribution is -0.120. The highest BCUT2D eigenvalue weighted by molar-refractivity contribution is 5.80. The summed E-state index contributed by atoms with van der Waals surface area (Å²) in [5.41, 5.74) is 0.465. The van der Waals surface area contributed by atoms with E-state index < -0.39 is 11.3 Å². The van der Waals surface area contributed by atoms with E-state index in [2.05, 4.69) is 5.32 Å². The number of carbonyl (C=O) groups excluding carboxylic acids is 1. The van der Waals surface area contributed by atoms with E-state index in [-0.39, 0.29) is 18.7 Å². The summed E-state index contributed by atoms with van der Waals surface area (Å²) >= 11 is 0. The maximum absolute atomic E-state index is 13.8. The predicted molar refractivity (Wildman–Crippen MR) is 78.8 cm³/mol. The van der Waals surface area contributed by atoms with Gasteiger partial charge in [-0.15, -0.1) is 0 Å². The van der Waals surface area contributed by atoms with Gasteiger partial charge in [-0.2, -0.15) is 0 Å². The van der Waals surface area contributed by atoms with E-state index in [0.717, 1.165) is 11.3 Å². The summed E-state index contributed by atoms with van der Waals surface area (Å²) in [6.45, 7) is 0.388. The molecule has 0 aliphatic heterocycles. The third-order valence-corrected chi connectivity index (χ3v) is 4.62. The maximum atomic E-state index is 13.8. The van der Waals surface area contributed by atoms with Crippen LogP contribution in [0.15, 0.2) is 35.9 Å². The van der Waals surface area contributed by atoms with E-state index in [1.165, 1.54) is 0 Å². The molecule has 0 heterocycles. The fraction of sp³-hybridized carbons (Fsp3) is 0.471. The van der Waals surface area contributed by atoms with Gasteiger partial charge in [0.25, 0.3) is 5.92 Å². The van der Waals surface area contributed by atoms with E-state index in [4.69, 9.17) is 4.74 Å². The summed E-state index contributed by atoms with van der Waals surface area (Å²) < 4.78 is 32.7. The standard InChI is InChI=1S/C17H19F2NO2/c1-22-14-5-3-12(4-6-14)11-20-15(21)9-13-10-16(13)7-2-8-17(16,18)19/h3-6,10H,2,7-9,11H2,1H3,(H,20,21)/t16-/m0/s1. The van der Waals surface area contributed by atoms with Crippen LogP contribution in [-0.2, 0) is 11.3 Å². The molecule has 22 heavy (non-hydrogen) atoms. The molecule has 0 radical (unpaired) electrons. The minimum atomic E-state index is -2.67. The SMILES string of the molecule is COc1ccc(CNC(=O)CC2=C[C@@]23CCCC3(F)F)cc1. The Bertz CT molecular complexity index is 610. The summed E-state index contributed by atoms with van der Waals surface area (Å²) in [5, 5.41) is 2.78. The Labute approximate surface area is 128 Å². The van der Waals surface area contributed by atoms with Crippen LogP contribution in [0.4, 0.5) is 8.78 Å². The Kier molecular flexibility index (Phi) is 3.67. The highest BCUT2D eigenvalue weighted by Crippen LogP contribution is 2.65. The van der Waals surface area contributed by atoms with Crippen LogP contribution in [-0.4, -0.2) is 18.9 Å². The van der Waals surface area contributed by atoms with Gasteiger partial charge in [0.1, 0.15) is 5.75 Å². The Balaban J connectivity index is 1.49. The van der Waals surface area contributed by atoms with Gasteiger partial charge in [0.15, 0.2) is 0 Å². The summed E-state index contributed by atoms with van der Waals surface area (Å²) in [6.07, 6.45) is 2.60. The Morgan fingerprint density at radius 3 is 2.59 bits per heavy atom. The van der Waals surface area contributed by atoms with Gasteiger partial charge in [0.05, 0.1) is 12.5 Å². The van der Waals surface area contributed by atoms with Gasteiger partial charge in [0.2, 0.25) is 5.91 Å². The Morgan fingerprint density at radius 2 is 2.00 bits per heavy atom. The van der Waals surface area contributed by atoms with E-state index >= 15 is 0 Å². The topological polar surface area (TPSA) is 38.3 Å². The molecule has 1 aromatic carbocycles. The van der Waals surface area contributed by atoms with Crippen LogP contribution in [0.3, 0.4) is 0 Å². The number of methoxy groups -OCH3 is 1. The minimum absolute atomic E-state index is 0.0690. The molecule has 2 aliphatic carbocycles. The van der Waals surface area contributed by atoms with Crippen molar-refractivity contribution >= 4 is 5.91 Å². The zero-order chi connectivity index (χ0) is 15.8. The van der Waals surface area contributed by atoms with Gasteiger partial charge in [0, 0.05) is 19.4 Å². The smallest absolute Gasteiger partial charge is 0.260 e. The molecule has 1 atom stereocenters. The number of hydrogen-bond acceptors (Lipinski definition) is 2. The van der Waals surface area contributed by atoms with Crippen LogP contribution < -0.4 is 10.1 Å².